The number of hydrogen-bond acceptors (Lipinski definition) is 2. The summed E-state index contributed by atoms with van der Waals surface area (Å²) < 4.78 is 0. The van der Waals surface area contributed by atoms with E-state index < -0.39 is 0 Å². The summed E-state index contributed by atoms with van der Waals surface area (Å²) in [5.41, 5.74) is 8.75. The fourth-order valence-corrected chi connectivity index (χ4v) is 7.05. The molecular formula is C25H24S2. The van der Waals surface area contributed by atoms with Crippen LogP contribution in [0, 0.1) is 20.8 Å². The first-order valence-electron chi connectivity index (χ1n) is 9.66. The van der Waals surface area contributed by atoms with Gasteiger partial charge in [-0.2, -0.15) is 0 Å². The standard InChI is InChI=1S/C25H24S2/c1-15-5-9-19-20-10-6-16(2)14-22(20)25(21(19)13-15,23-11-7-17(3)26-23)24-12-8-18(4)27-24/h5,7-9,11-14H,6,10H2,1-4H3. The summed E-state index contributed by atoms with van der Waals surface area (Å²) in [7, 11) is 0. The van der Waals surface area contributed by atoms with Crippen molar-refractivity contribution in [3.8, 4) is 0 Å². The molecule has 5 rings (SSSR count). The number of thiophene rings is 2. The lowest BCUT2D eigenvalue weighted by molar-refractivity contribution is 0.787. The van der Waals surface area contributed by atoms with E-state index >= 15 is 0 Å². The highest BCUT2D eigenvalue weighted by Crippen LogP contribution is 2.59. The summed E-state index contributed by atoms with van der Waals surface area (Å²) in [5, 5.41) is 0. The number of rotatable bonds is 2. The molecule has 3 aromatic rings. The van der Waals surface area contributed by atoms with Gasteiger partial charge in [0.1, 0.15) is 0 Å². The van der Waals surface area contributed by atoms with Gasteiger partial charge in [-0.15, -0.1) is 22.7 Å². The summed E-state index contributed by atoms with van der Waals surface area (Å²) in [6, 6.07) is 16.4. The number of benzene rings is 1. The van der Waals surface area contributed by atoms with Crippen LogP contribution in [0.3, 0.4) is 0 Å². The van der Waals surface area contributed by atoms with Gasteiger partial charge in [-0.3, -0.25) is 0 Å². The Balaban J connectivity index is 1.94. The van der Waals surface area contributed by atoms with Gasteiger partial charge in [0.25, 0.3) is 0 Å². The molecule has 0 fully saturated rings. The molecule has 2 heterocycles. The van der Waals surface area contributed by atoms with E-state index in [2.05, 4.69) is 76.2 Å². The molecule has 0 radical (unpaired) electrons. The third kappa shape index (κ3) is 2.40. The summed E-state index contributed by atoms with van der Waals surface area (Å²) in [5.74, 6) is 0. The first-order valence-corrected chi connectivity index (χ1v) is 11.3. The van der Waals surface area contributed by atoms with Crippen molar-refractivity contribution >= 4 is 28.2 Å². The maximum absolute atomic E-state index is 2.50. The second kappa shape index (κ2) is 6.05. The Hall–Kier alpha value is -1.90. The van der Waals surface area contributed by atoms with Crippen LogP contribution in [0.4, 0.5) is 0 Å². The molecule has 0 N–H and O–H groups in total. The molecule has 0 atom stereocenters. The van der Waals surface area contributed by atoms with Gasteiger partial charge >= 0.3 is 0 Å². The van der Waals surface area contributed by atoms with E-state index in [1.807, 2.05) is 22.7 Å². The first kappa shape index (κ1) is 17.2. The number of allylic oxidation sites excluding steroid dienone is 4. The highest BCUT2D eigenvalue weighted by atomic mass is 32.1. The molecule has 0 bridgehead atoms. The lowest BCUT2D eigenvalue weighted by atomic mass is 9.73. The monoisotopic (exact) mass is 388 g/mol. The van der Waals surface area contributed by atoms with Gasteiger partial charge in [0.2, 0.25) is 0 Å². The van der Waals surface area contributed by atoms with Crippen LogP contribution in [-0.4, -0.2) is 0 Å². The second-order valence-corrected chi connectivity index (χ2v) is 10.6. The van der Waals surface area contributed by atoms with E-state index in [0.717, 1.165) is 6.42 Å². The summed E-state index contributed by atoms with van der Waals surface area (Å²) in [6.07, 6.45) is 4.83. The zero-order valence-electron chi connectivity index (χ0n) is 16.3. The quantitative estimate of drug-likeness (QED) is 0.424. The third-order valence-electron chi connectivity index (χ3n) is 6.01. The van der Waals surface area contributed by atoms with E-state index in [4.69, 9.17) is 0 Å². The lowest BCUT2D eigenvalue weighted by Gasteiger charge is -2.33. The molecule has 0 unspecified atom stereocenters. The van der Waals surface area contributed by atoms with Gasteiger partial charge in [-0.05, 0) is 87.1 Å². The molecule has 2 aromatic heterocycles. The molecule has 136 valence electrons. The highest BCUT2D eigenvalue weighted by Gasteiger charge is 2.49. The van der Waals surface area contributed by atoms with E-state index in [1.54, 1.807) is 5.57 Å². The van der Waals surface area contributed by atoms with Crippen LogP contribution in [0.1, 0.15) is 56.0 Å². The summed E-state index contributed by atoms with van der Waals surface area (Å²) in [6.45, 7) is 8.97. The van der Waals surface area contributed by atoms with Crippen molar-refractivity contribution in [2.75, 3.05) is 0 Å². The van der Waals surface area contributed by atoms with Crippen molar-refractivity contribution in [3.05, 3.63) is 95.9 Å². The Morgan fingerprint density at radius 3 is 2.04 bits per heavy atom. The fourth-order valence-electron chi connectivity index (χ4n) is 4.78. The van der Waals surface area contributed by atoms with Crippen molar-refractivity contribution < 1.29 is 0 Å². The zero-order valence-corrected chi connectivity index (χ0v) is 18.0. The van der Waals surface area contributed by atoms with Crippen LogP contribution >= 0.6 is 22.7 Å². The zero-order chi connectivity index (χ0) is 18.8. The van der Waals surface area contributed by atoms with Crippen LogP contribution in [0.25, 0.3) is 5.57 Å². The van der Waals surface area contributed by atoms with Crippen molar-refractivity contribution in [2.45, 2.75) is 46.0 Å². The third-order valence-corrected chi connectivity index (χ3v) is 8.25. The normalized spacial score (nSPS) is 17.7. The average Bonchev–Trinajstić information content (AvgIpc) is 3.31. The minimum atomic E-state index is -0.143. The van der Waals surface area contributed by atoms with Crippen LogP contribution in [-0.2, 0) is 5.41 Å². The molecule has 0 saturated heterocycles. The van der Waals surface area contributed by atoms with E-state index in [0.29, 0.717) is 0 Å². The number of hydrogen-bond donors (Lipinski definition) is 0. The largest absolute Gasteiger partial charge is 0.144 e. The van der Waals surface area contributed by atoms with Crippen LogP contribution < -0.4 is 0 Å². The molecule has 0 spiro atoms. The fraction of sp³-hybridized carbons (Fsp3) is 0.280. The molecule has 2 aliphatic rings. The van der Waals surface area contributed by atoms with Crippen molar-refractivity contribution in [2.24, 2.45) is 0 Å². The molecule has 1 aromatic carbocycles. The smallest absolute Gasteiger partial charge is 0.0896 e. The molecule has 0 saturated carbocycles. The predicted octanol–water partition coefficient (Wildman–Crippen LogP) is 7.58. The SMILES string of the molecule is CC1=CC2=C(CC1)c1ccc(C)cc1C2(c1ccc(C)s1)c1ccc(C)s1. The van der Waals surface area contributed by atoms with Gasteiger partial charge in [0.15, 0.2) is 0 Å². The number of aryl methyl sites for hydroxylation is 3. The van der Waals surface area contributed by atoms with Crippen molar-refractivity contribution in [3.63, 3.8) is 0 Å². The van der Waals surface area contributed by atoms with Crippen molar-refractivity contribution in [1.82, 2.24) is 0 Å². The molecular weight excluding hydrogens is 364 g/mol. The summed E-state index contributed by atoms with van der Waals surface area (Å²) in [4.78, 5) is 5.70. The van der Waals surface area contributed by atoms with Gasteiger partial charge in [0, 0.05) is 19.5 Å². The average molecular weight is 389 g/mol. The van der Waals surface area contributed by atoms with Gasteiger partial charge in [-0.25, -0.2) is 0 Å². The second-order valence-electron chi connectivity index (χ2n) is 8.00. The number of fused-ring (bicyclic) bond motifs is 2. The predicted molar refractivity (Wildman–Crippen MR) is 119 cm³/mol. The summed E-state index contributed by atoms with van der Waals surface area (Å²) >= 11 is 3.92. The van der Waals surface area contributed by atoms with Crippen LogP contribution in [0.5, 0.6) is 0 Å². The maximum Gasteiger partial charge on any atom is 0.0896 e. The minimum Gasteiger partial charge on any atom is -0.144 e. The Labute approximate surface area is 169 Å². The molecule has 2 aliphatic carbocycles. The highest BCUT2D eigenvalue weighted by molar-refractivity contribution is 7.14. The first-order chi connectivity index (χ1) is 13.0. The lowest BCUT2D eigenvalue weighted by Crippen LogP contribution is -2.27. The molecule has 0 nitrogen and oxygen atoms in total. The Kier molecular flexibility index (Phi) is 3.86. The molecule has 2 heteroatoms. The Morgan fingerprint density at radius 1 is 0.778 bits per heavy atom. The molecule has 0 aliphatic heterocycles. The van der Waals surface area contributed by atoms with E-state index in [9.17, 15) is 0 Å². The Morgan fingerprint density at radius 2 is 1.44 bits per heavy atom. The van der Waals surface area contributed by atoms with E-state index in [1.165, 1.54) is 53.8 Å². The van der Waals surface area contributed by atoms with Gasteiger partial charge < -0.3 is 0 Å². The van der Waals surface area contributed by atoms with Crippen molar-refractivity contribution in [1.29, 1.82) is 0 Å². The Bertz CT molecular complexity index is 1080. The van der Waals surface area contributed by atoms with Gasteiger partial charge in [-0.1, -0.05) is 35.4 Å². The van der Waals surface area contributed by atoms with Crippen LogP contribution in [0.15, 0.2) is 59.7 Å². The van der Waals surface area contributed by atoms with Gasteiger partial charge in [0.05, 0.1) is 5.41 Å². The topological polar surface area (TPSA) is 0 Å². The van der Waals surface area contributed by atoms with E-state index in [-0.39, 0.29) is 5.41 Å². The maximum atomic E-state index is 2.50. The van der Waals surface area contributed by atoms with Crippen LogP contribution in [0.2, 0.25) is 0 Å². The molecule has 27 heavy (non-hydrogen) atoms. The molecule has 0 amide bonds. The minimum absolute atomic E-state index is 0.143.